The number of sulfonamides is 1. The van der Waals surface area contributed by atoms with Crippen LogP contribution in [-0.4, -0.2) is 25.8 Å². The maximum absolute atomic E-state index is 12.1. The van der Waals surface area contributed by atoms with Crippen molar-refractivity contribution in [2.45, 2.75) is 11.8 Å². The monoisotopic (exact) mass is 301 g/mol. The van der Waals surface area contributed by atoms with E-state index in [-0.39, 0.29) is 11.4 Å². The van der Waals surface area contributed by atoms with Crippen LogP contribution in [0.3, 0.4) is 0 Å². The predicted molar refractivity (Wildman–Crippen MR) is 67.4 cm³/mol. The van der Waals surface area contributed by atoms with Crippen molar-refractivity contribution in [3.05, 3.63) is 28.7 Å². The number of hydrogen-bond acceptors (Lipinski definition) is 2. The molecule has 0 fully saturated rings. The minimum atomic E-state index is -3.46. The molecule has 0 aliphatic heterocycles. The molecular formula is C11H12BrNO2S. The van der Waals surface area contributed by atoms with Gasteiger partial charge in [0.2, 0.25) is 10.0 Å². The predicted octanol–water partition coefficient (Wildman–Crippen LogP) is 2.09. The lowest BCUT2D eigenvalue weighted by atomic mass is 10.4. The number of hydrogen-bond donors (Lipinski definition) is 0. The van der Waals surface area contributed by atoms with Crippen LogP contribution in [0.4, 0.5) is 0 Å². The van der Waals surface area contributed by atoms with E-state index in [1.165, 1.54) is 4.31 Å². The molecule has 0 saturated carbocycles. The summed E-state index contributed by atoms with van der Waals surface area (Å²) in [6.07, 6.45) is 5.14. The molecule has 0 spiro atoms. The van der Waals surface area contributed by atoms with Crippen molar-refractivity contribution in [3.63, 3.8) is 0 Å². The smallest absolute Gasteiger partial charge is 0.207 e. The van der Waals surface area contributed by atoms with Gasteiger partial charge >= 0.3 is 0 Å². The van der Waals surface area contributed by atoms with Crippen molar-refractivity contribution < 1.29 is 8.42 Å². The Labute approximate surface area is 105 Å². The van der Waals surface area contributed by atoms with Crippen LogP contribution >= 0.6 is 15.9 Å². The first-order valence-electron chi connectivity index (χ1n) is 4.71. The van der Waals surface area contributed by atoms with E-state index in [1.807, 2.05) is 0 Å². The average Bonchev–Trinajstić information content (AvgIpc) is 2.26. The van der Waals surface area contributed by atoms with Crippen LogP contribution < -0.4 is 0 Å². The SMILES string of the molecule is C#CCN(CC)S(=O)(=O)c1ccc(Br)cc1. The fraction of sp³-hybridized carbons (Fsp3) is 0.273. The number of halogens is 1. The summed E-state index contributed by atoms with van der Waals surface area (Å²) in [6.45, 7) is 2.21. The van der Waals surface area contributed by atoms with Crippen molar-refractivity contribution in [1.82, 2.24) is 4.31 Å². The third kappa shape index (κ3) is 2.85. The summed E-state index contributed by atoms with van der Waals surface area (Å²) in [5, 5.41) is 0. The van der Waals surface area contributed by atoms with Gasteiger partial charge in [-0.1, -0.05) is 28.8 Å². The van der Waals surface area contributed by atoms with Crippen molar-refractivity contribution in [2.24, 2.45) is 0 Å². The summed E-state index contributed by atoms with van der Waals surface area (Å²) < 4.78 is 26.3. The van der Waals surface area contributed by atoms with E-state index < -0.39 is 10.0 Å². The largest absolute Gasteiger partial charge is 0.243 e. The van der Waals surface area contributed by atoms with Crippen LogP contribution in [-0.2, 0) is 10.0 Å². The van der Waals surface area contributed by atoms with E-state index in [2.05, 4.69) is 21.9 Å². The topological polar surface area (TPSA) is 37.4 Å². The molecular weight excluding hydrogens is 290 g/mol. The lowest BCUT2D eigenvalue weighted by Crippen LogP contribution is -2.31. The molecule has 0 amide bonds. The van der Waals surface area contributed by atoms with Crippen molar-refractivity contribution >= 4 is 26.0 Å². The number of nitrogens with zero attached hydrogens (tertiary/aromatic N) is 1. The lowest BCUT2D eigenvalue weighted by Gasteiger charge is -2.17. The molecule has 1 rings (SSSR count). The van der Waals surface area contributed by atoms with Gasteiger partial charge in [-0.3, -0.25) is 0 Å². The fourth-order valence-electron chi connectivity index (χ4n) is 1.22. The summed E-state index contributed by atoms with van der Waals surface area (Å²) in [4.78, 5) is 0.257. The number of rotatable bonds is 4. The van der Waals surface area contributed by atoms with Crippen LogP contribution in [0.2, 0.25) is 0 Å². The van der Waals surface area contributed by atoms with Gasteiger partial charge in [-0.2, -0.15) is 4.31 Å². The molecule has 16 heavy (non-hydrogen) atoms. The molecule has 0 aromatic heterocycles. The summed E-state index contributed by atoms with van der Waals surface area (Å²) in [7, 11) is -3.46. The molecule has 0 heterocycles. The molecule has 0 atom stereocenters. The van der Waals surface area contributed by atoms with E-state index in [9.17, 15) is 8.42 Å². The van der Waals surface area contributed by atoms with Crippen LogP contribution in [0.25, 0.3) is 0 Å². The van der Waals surface area contributed by atoms with Gasteiger partial charge in [0.15, 0.2) is 0 Å². The summed E-state index contributed by atoms with van der Waals surface area (Å²) in [6, 6.07) is 6.49. The average molecular weight is 302 g/mol. The summed E-state index contributed by atoms with van der Waals surface area (Å²) in [5.41, 5.74) is 0. The molecule has 0 N–H and O–H groups in total. The highest BCUT2D eigenvalue weighted by Gasteiger charge is 2.21. The number of benzene rings is 1. The van der Waals surface area contributed by atoms with E-state index in [0.717, 1.165) is 4.47 Å². The molecule has 0 aliphatic carbocycles. The van der Waals surface area contributed by atoms with Crippen LogP contribution in [0.15, 0.2) is 33.6 Å². The van der Waals surface area contributed by atoms with Gasteiger partial charge in [0.1, 0.15) is 0 Å². The third-order valence-electron chi connectivity index (χ3n) is 2.07. The minimum absolute atomic E-state index is 0.0922. The van der Waals surface area contributed by atoms with Gasteiger partial charge in [-0.15, -0.1) is 6.42 Å². The van der Waals surface area contributed by atoms with Crippen LogP contribution in [0.5, 0.6) is 0 Å². The molecule has 86 valence electrons. The zero-order valence-corrected chi connectivity index (χ0v) is 11.3. The zero-order valence-electron chi connectivity index (χ0n) is 8.85. The molecule has 3 nitrogen and oxygen atoms in total. The molecule has 1 aromatic carbocycles. The first-order chi connectivity index (χ1) is 7.52. The normalized spacial score (nSPS) is 11.4. The van der Waals surface area contributed by atoms with Crippen molar-refractivity contribution in [2.75, 3.05) is 13.1 Å². The third-order valence-corrected chi connectivity index (χ3v) is 4.54. The van der Waals surface area contributed by atoms with Gasteiger partial charge in [-0.25, -0.2) is 8.42 Å². The molecule has 0 bridgehead atoms. The standard InChI is InChI=1S/C11H12BrNO2S/c1-3-9-13(4-2)16(14,15)11-7-5-10(12)6-8-11/h1,5-8H,4,9H2,2H3. The van der Waals surface area contributed by atoms with Gasteiger partial charge in [0.25, 0.3) is 0 Å². The Morgan fingerprint density at radius 1 is 1.38 bits per heavy atom. The Bertz CT molecular complexity index is 488. The first-order valence-corrected chi connectivity index (χ1v) is 6.95. The molecule has 0 saturated heterocycles. The molecule has 0 radical (unpaired) electrons. The second-order valence-electron chi connectivity index (χ2n) is 3.09. The van der Waals surface area contributed by atoms with Gasteiger partial charge in [0, 0.05) is 11.0 Å². The number of terminal acetylenes is 1. The van der Waals surface area contributed by atoms with E-state index in [1.54, 1.807) is 31.2 Å². The van der Waals surface area contributed by atoms with E-state index in [4.69, 9.17) is 6.42 Å². The Balaban J connectivity index is 3.10. The van der Waals surface area contributed by atoms with Gasteiger partial charge in [0.05, 0.1) is 11.4 Å². The van der Waals surface area contributed by atoms with Crippen molar-refractivity contribution in [3.8, 4) is 12.3 Å². The Kier molecular flexibility index (Phi) is 4.54. The highest BCUT2D eigenvalue weighted by atomic mass is 79.9. The molecule has 0 unspecified atom stereocenters. The van der Waals surface area contributed by atoms with Crippen LogP contribution in [0.1, 0.15) is 6.92 Å². The maximum Gasteiger partial charge on any atom is 0.243 e. The summed E-state index contributed by atoms with van der Waals surface area (Å²) >= 11 is 3.26. The molecule has 0 aliphatic rings. The quantitative estimate of drug-likeness (QED) is 0.799. The fourth-order valence-corrected chi connectivity index (χ4v) is 2.85. The lowest BCUT2D eigenvalue weighted by molar-refractivity contribution is 0.464. The van der Waals surface area contributed by atoms with E-state index in [0.29, 0.717) is 6.54 Å². The molecule has 1 aromatic rings. The zero-order chi connectivity index (χ0) is 12.2. The van der Waals surface area contributed by atoms with Crippen molar-refractivity contribution in [1.29, 1.82) is 0 Å². The van der Waals surface area contributed by atoms with E-state index >= 15 is 0 Å². The highest BCUT2D eigenvalue weighted by molar-refractivity contribution is 9.10. The van der Waals surface area contributed by atoms with Gasteiger partial charge in [-0.05, 0) is 24.3 Å². The second-order valence-corrected chi connectivity index (χ2v) is 5.94. The highest BCUT2D eigenvalue weighted by Crippen LogP contribution is 2.18. The summed E-state index contributed by atoms with van der Waals surface area (Å²) in [5.74, 6) is 2.34. The maximum atomic E-state index is 12.1. The Morgan fingerprint density at radius 2 is 1.94 bits per heavy atom. The Morgan fingerprint density at radius 3 is 2.38 bits per heavy atom. The van der Waals surface area contributed by atoms with Crippen LogP contribution in [0, 0.1) is 12.3 Å². The minimum Gasteiger partial charge on any atom is -0.207 e. The Hall–Kier alpha value is -0.830. The second kappa shape index (κ2) is 5.48. The molecule has 5 heteroatoms. The first kappa shape index (κ1) is 13.2. The van der Waals surface area contributed by atoms with Gasteiger partial charge < -0.3 is 0 Å².